The number of hydrogen-bond acceptors (Lipinski definition) is 3. The second-order valence-corrected chi connectivity index (χ2v) is 6.18. The third kappa shape index (κ3) is 4.77. The van der Waals surface area contributed by atoms with Crippen LogP contribution >= 0.6 is 0 Å². The lowest BCUT2D eigenvalue weighted by molar-refractivity contribution is -0.130. The lowest BCUT2D eigenvalue weighted by atomic mass is 9.85. The van der Waals surface area contributed by atoms with Gasteiger partial charge in [-0.2, -0.15) is 0 Å². The molecule has 0 aromatic rings. The largest absolute Gasteiger partial charge is 0.389 e. The maximum Gasteiger partial charge on any atom is 0.236 e. The number of nitrogens with zero attached hydrogens (tertiary/aromatic N) is 1. The first-order chi connectivity index (χ1) is 9.20. The molecule has 2 aliphatic rings. The van der Waals surface area contributed by atoms with Crippen molar-refractivity contribution in [2.45, 2.75) is 63.4 Å². The summed E-state index contributed by atoms with van der Waals surface area (Å²) in [6.45, 7) is 2.75. The zero-order valence-electron chi connectivity index (χ0n) is 12.0. The maximum atomic E-state index is 12.1. The Morgan fingerprint density at radius 2 is 1.58 bits per heavy atom. The average molecular weight is 268 g/mol. The van der Waals surface area contributed by atoms with Crippen LogP contribution in [0.1, 0.15) is 57.8 Å². The Labute approximate surface area is 116 Å². The zero-order chi connectivity index (χ0) is 13.6. The monoisotopic (exact) mass is 268 g/mol. The second-order valence-electron chi connectivity index (χ2n) is 6.18. The topological polar surface area (TPSA) is 52.6 Å². The highest BCUT2D eigenvalue weighted by Crippen LogP contribution is 2.27. The highest BCUT2D eigenvalue weighted by molar-refractivity contribution is 5.78. The number of likely N-dealkylation sites (tertiary alicyclic amines) is 1. The molecule has 0 spiro atoms. The molecule has 4 heteroatoms. The first-order valence-electron chi connectivity index (χ1n) is 7.91. The molecule has 1 amide bonds. The standard InChI is InChI=1S/C15H28N2O2/c18-14(17-10-6-1-2-7-11-17)12-16-13-15(19)8-4-3-5-9-15/h16,19H,1-13H2. The number of nitrogens with one attached hydrogen (secondary N) is 1. The van der Waals surface area contributed by atoms with E-state index in [-0.39, 0.29) is 5.91 Å². The Morgan fingerprint density at radius 3 is 2.21 bits per heavy atom. The van der Waals surface area contributed by atoms with Gasteiger partial charge in [-0.15, -0.1) is 0 Å². The van der Waals surface area contributed by atoms with Crippen molar-refractivity contribution in [1.82, 2.24) is 10.2 Å². The van der Waals surface area contributed by atoms with E-state index in [1.54, 1.807) is 0 Å². The molecule has 4 nitrogen and oxygen atoms in total. The summed E-state index contributed by atoms with van der Waals surface area (Å²) < 4.78 is 0. The molecule has 1 heterocycles. The number of hydrogen-bond donors (Lipinski definition) is 2. The van der Waals surface area contributed by atoms with Crippen LogP contribution in [0.25, 0.3) is 0 Å². The van der Waals surface area contributed by atoms with Crippen LogP contribution in [0.4, 0.5) is 0 Å². The summed E-state index contributed by atoms with van der Waals surface area (Å²) in [5.74, 6) is 0.196. The van der Waals surface area contributed by atoms with Crippen LogP contribution in [0.2, 0.25) is 0 Å². The SMILES string of the molecule is O=C(CNCC1(O)CCCCC1)N1CCCCCC1. The van der Waals surface area contributed by atoms with Crippen LogP contribution in [-0.4, -0.2) is 47.7 Å². The number of amides is 1. The molecule has 110 valence electrons. The van der Waals surface area contributed by atoms with Crippen molar-refractivity contribution in [3.05, 3.63) is 0 Å². The first kappa shape index (κ1) is 14.8. The van der Waals surface area contributed by atoms with Crippen molar-refractivity contribution in [3.8, 4) is 0 Å². The molecule has 2 N–H and O–H groups in total. The molecule has 19 heavy (non-hydrogen) atoms. The van der Waals surface area contributed by atoms with Crippen molar-refractivity contribution in [2.24, 2.45) is 0 Å². The van der Waals surface area contributed by atoms with Crippen molar-refractivity contribution >= 4 is 5.91 Å². The van der Waals surface area contributed by atoms with E-state index in [0.29, 0.717) is 13.1 Å². The van der Waals surface area contributed by atoms with E-state index >= 15 is 0 Å². The van der Waals surface area contributed by atoms with E-state index in [1.807, 2.05) is 4.90 Å². The predicted molar refractivity (Wildman–Crippen MR) is 76.0 cm³/mol. The highest BCUT2D eigenvalue weighted by Gasteiger charge is 2.28. The van der Waals surface area contributed by atoms with E-state index in [4.69, 9.17) is 0 Å². The van der Waals surface area contributed by atoms with Gasteiger partial charge in [0.25, 0.3) is 0 Å². The summed E-state index contributed by atoms with van der Waals surface area (Å²) in [5.41, 5.74) is -0.572. The van der Waals surface area contributed by atoms with Gasteiger partial charge in [0.05, 0.1) is 12.1 Å². The van der Waals surface area contributed by atoms with E-state index in [0.717, 1.165) is 51.6 Å². The smallest absolute Gasteiger partial charge is 0.236 e. The molecule has 0 atom stereocenters. The summed E-state index contributed by atoms with van der Waals surface area (Å²) in [4.78, 5) is 14.1. The summed E-state index contributed by atoms with van der Waals surface area (Å²) in [6, 6.07) is 0. The predicted octanol–water partition coefficient (Wildman–Crippen LogP) is 1.67. The lowest BCUT2D eigenvalue weighted by Crippen LogP contribution is -2.46. The Morgan fingerprint density at radius 1 is 1.00 bits per heavy atom. The summed E-state index contributed by atoms with van der Waals surface area (Å²) in [6.07, 6.45) is 9.96. The van der Waals surface area contributed by atoms with Crippen molar-refractivity contribution in [3.63, 3.8) is 0 Å². The minimum Gasteiger partial charge on any atom is -0.389 e. The molecule has 0 unspecified atom stereocenters. The number of carbonyl (C=O) groups is 1. The van der Waals surface area contributed by atoms with Crippen LogP contribution in [-0.2, 0) is 4.79 Å². The Balaban J connectivity index is 1.67. The van der Waals surface area contributed by atoms with E-state index in [9.17, 15) is 9.90 Å². The third-order valence-corrected chi connectivity index (χ3v) is 4.47. The second kappa shape index (κ2) is 7.25. The third-order valence-electron chi connectivity index (χ3n) is 4.47. The quantitative estimate of drug-likeness (QED) is 0.815. The minimum atomic E-state index is -0.572. The fraction of sp³-hybridized carbons (Fsp3) is 0.933. The van der Waals surface area contributed by atoms with Gasteiger partial charge in [-0.05, 0) is 25.7 Å². The van der Waals surface area contributed by atoms with Crippen LogP contribution < -0.4 is 5.32 Å². The average Bonchev–Trinajstić information content (AvgIpc) is 2.68. The molecule has 0 bridgehead atoms. The van der Waals surface area contributed by atoms with Crippen LogP contribution in [0.5, 0.6) is 0 Å². The van der Waals surface area contributed by atoms with E-state index < -0.39 is 5.60 Å². The Bertz CT molecular complexity index is 280. The van der Waals surface area contributed by atoms with Gasteiger partial charge in [-0.25, -0.2) is 0 Å². The maximum absolute atomic E-state index is 12.1. The minimum absolute atomic E-state index is 0.196. The molecule has 0 aromatic carbocycles. The number of aliphatic hydroxyl groups is 1. The summed E-state index contributed by atoms with van der Waals surface area (Å²) >= 11 is 0. The van der Waals surface area contributed by atoms with Crippen molar-refractivity contribution in [1.29, 1.82) is 0 Å². The fourth-order valence-corrected chi connectivity index (χ4v) is 3.22. The first-order valence-corrected chi connectivity index (χ1v) is 7.91. The van der Waals surface area contributed by atoms with Crippen molar-refractivity contribution < 1.29 is 9.90 Å². The summed E-state index contributed by atoms with van der Waals surface area (Å²) in [5, 5.41) is 13.5. The zero-order valence-corrected chi connectivity index (χ0v) is 12.0. The van der Waals surface area contributed by atoms with Crippen molar-refractivity contribution in [2.75, 3.05) is 26.2 Å². The van der Waals surface area contributed by atoms with Gasteiger partial charge in [-0.3, -0.25) is 4.79 Å². The molecule has 2 rings (SSSR count). The number of carbonyl (C=O) groups excluding carboxylic acids is 1. The molecule has 1 saturated carbocycles. The van der Waals surface area contributed by atoms with Gasteiger partial charge >= 0.3 is 0 Å². The van der Waals surface area contributed by atoms with Gasteiger partial charge in [0.1, 0.15) is 0 Å². The molecule has 1 aliphatic heterocycles. The van der Waals surface area contributed by atoms with Gasteiger partial charge < -0.3 is 15.3 Å². The van der Waals surface area contributed by atoms with E-state index in [2.05, 4.69) is 5.32 Å². The summed E-state index contributed by atoms with van der Waals surface area (Å²) in [7, 11) is 0. The fourth-order valence-electron chi connectivity index (χ4n) is 3.22. The molecule has 0 radical (unpaired) electrons. The van der Waals surface area contributed by atoms with Gasteiger partial charge in [0, 0.05) is 19.6 Å². The molecule has 0 aromatic heterocycles. The molecule has 1 aliphatic carbocycles. The molecular weight excluding hydrogens is 240 g/mol. The van der Waals surface area contributed by atoms with Gasteiger partial charge in [0.15, 0.2) is 0 Å². The lowest BCUT2D eigenvalue weighted by Gasteiger charge is -2.32. The highest BCUT2D eigenvalue weighted by atomic mass is 16.3. The van der Waals surface area contributed by atoms with Gasteiger partial charge in [-0.1, -0.05) is 32.1 Å². The Hall–Kier alpha value is -0.610. The Kier molecular flexibility index (Phi) is 5.64. The van der Waals surface area contributed by atoms with Crippen LogP contribution in [0, 0.1) is 0 Å². The van der Waals surface area contributed by atoms with Crippen LogP contribution in [0.15, 0.2) is 0 Å². The normalized spacial score (nSPS) is 23.9. The number of rotatable bonds is 4. The molecule has 2 fully saturated rings. The molecule has 1 saturated heterocycles. The van der Waals surface area contributed by atoms with Crippen LogP contribution in [0.3, 0.4) is 0 Å². The van der Waals surface area contributed by atoms with E-state index in [1.165, 1.54) is 19.3 Å². The molecular formula is C15H28N2O2. The van der Waals surface area contributed by atoms with Gasteiger partial charge in [0.2, 0.25) is 5.91 Å².